The van der Waals surface area contributed by atoms with Crippen LogP contribution >= 0.6 is 0 Å². The summed E-state index contributed by atoms with van der Waals surface area (Å²) in [7, 11) is 1.41. The fraction of sp³-hybridized carbons (Fsp3) is 0.267. The molecule has 0 bridgehead atoms. The summed E-state index contributed by atoms with van der Waals surface area (Å²) >= 11 is 0. The first kappa shape index (κ1) is 14.3. The first-order valence-corrected chi connectivity index (χ1v) is 6.28. The Bertz CT molecular complexity index is 680. The molecule has 1 aromatic carbocycles. The van der Waals surface area contributed by atoms with Gasteiger partial charge < -0.3 is 15.0 Å². The van der Waals surface area contributed by atoms with E-state index >= 15 is 0 Å². The molecule has 0 unspecified atom stereocenters. The van der Waals surface area contributed by atoms with Crippen LogP contribution in [0, 0.1) is 12.7 Å². The number of aromatic nitrogens is 1. The Labute approximate surface area is 116 Å². The van der Waals surface area contributed by atoms with Crippen molar-refractivity contribution in [2.45, 2.75) is 20.0 Å². The van der Waals surface area contributed by atoms with Gasteiger partial charge in [0, 0.05) is 17.8 Å². The number of ether oxygens (including phenoxy) is 1. The van der Waals surface area contributed by atoms with E-state index in [0.29, 0.717) is 17.7 Å². The minimum absolute atomic E-state index is 0.135. The predicted molar refractivity (Wildman–Crippen MR) is 75.4 cm³/mol. The summed E-state index contributed by atoms with van der Waals surface area (Å²) in [5.74, 6) is -0.251. The first-order valence-electron chi connectivity index (χ1n) is 6.28. The zero-order chi connectivity index (χ0) is 14.7. The van der Waals surface area contributed by atoms with E-state index in [2.05, 4.69) is 0 Å². The average Bonchev–Trinajstić information content (AvgIpc) is 2.44. The number of hydrogen-bond acceptors (Lipinski definition) is 3. The van der Waals surface area contributed by atoms with Crippen LogP contribution in [0.15, 0.2) is 35.1 Å². The van der Waals surface area contributed by atoms with Gasteiger partial charge in [-0.25, -0.2) is 4.39 Å². The first-order chi connectivity index (χ1) is 9.56. The molecule has 0 fully saturated rings. The minimum Gasteiger partial charge on any atom is -0.494 e. The van der Waals surface area contributed by atoms with E-state index in [1.54, 1.807) is 22.8 Å². The highest BCUT2D eigenvalue weighted by atomic mass is 19.1. The molecule has 4 nitrogen and oxygen atoms in total. The number of hydrogen-bond donors (Lipinski definition) is 1. The van der Waals surface area contributed by atoms with E-state index in [0.717, 1.165) is 5.69 Å². The molecule has 0 saturated heterocycles. The quantitative estimate of drug-likeness (QED) is 0.926. The van der Waals surface area contributed by atoms with Crippen molar-refractivity contribution in [3.8, 4) is 5.75 Å². The number of methoxy groups -OCH3 is 1. The molecule has 0 aliphatic heterocycles. The summed E-state index contributed by atoms with van der Waals surface area (Å²) in [6.45, 7) is 2.33. The summed E-state index contributed by atoms with van der Waals surface area (Å²) < 4.78 is 20.1. The molecule has 2 aromatic rings. The van der Waals surface area contributed by atoms with Crippen LogP contribution in [0.2, 0.25) is 0 Å². The Morgan fingerprint density at radius 1 is 1.30 bits per heavy atom. The predicted octanol–water partition coefficient (Wildman–Crippen LogP) is 1.81. The van der Waals surface area contributed by atoms with Gasteiger partial charge in [-0.1, -0.05) is 12.1 Å². The molecule has 0 spiro atoms. The van der Waals surface area contributed by atoms with Gasteiger partial charge in [0.1, 0.15) is 0 Å². The van der Waals surface area contributed by atoms with Gasteiger partial charge in [-0.2, -0.15) is 0 Å². The second-order valence-corrected chi connectivity index (χ2v) is 4.56. The Morgan fingerprint density at radius 3 is 2.65 bits per heavy atom. The fourth-order valence-corrected chi connectivity index (χ4v) is 2.06. The Hall–Kier alpha value is -2.14. The van der Waals surface area contributed by atoms with Crippen molar-refractivity contribution in [2.24, 2.45) is 5.73 Å². The lowest BCUT2D eigenvalue weighted by Crippen LogP contribution is -2.27. The molecule has 0 saturated carbocycles. The van der Waals surface area contributed by atoms with Gasteiger partial charge in [-0.15, -0.1) is 0 Å². The Balaban J connectivity index is 2.40. The van der Waals surface area contributed by atoms with E-state index in [1.165, 1.54) is 13.2 Å². The lowest BCUT2D eigenvalue weighted by atomic mass is 10.2. The standard InChI is InChI=1S/C15H17FN2O2/c1-10-3-5-12(8-17)15(19)18(10)9-11-4-6-14(20-2)13(16)7-11/h3-7H,8-9,17H2,1-2H3. The van der Waals surface area contributed by atoms with Gasteiger partial charge in [-0.3, -0.25) is 4.79 Å². The van der Waals surface area contributed by atoms with Crippen LogP contribution in [0.3, 0.4) is 0 Å². The Morgan fingerprint density at radius 2 is 2.05 bits per heavy atom. The third kappa shape index (κ3) is 2.72. The fourth-order valence-electron chi connectivity index (χ4n) is 2.06. The number of pyridine rings is 1. The van der Waals surface area contributed by atoms with Crippen molar-refractivity contribution >= 4 is 0 Å². The number of rotatable bonds is 4. The zero-order valence-corrected chi connectivity index (χ0v) is 11.5. The zero-order valence-electron chi connectivity index (χ0n) is 11.5. The Kier molecular flexibility index (Phi) is 4.20. The van der Waals surface area contributed by atoms with E-state index in [9.17, 15) is 9.18 Å². The third-order valence-corrected chi connectivity index (χ3v) is 3.25. The minimum atomic E-state index is -0.439. The van der Waals surface area contributed by atoms with Crippen molar-refractivity contribution in [1.82, 2.24) is 4.57 Å². The number of nitrogens with zero attached hydrogens (tertiary/aromatic N) is 1. The normalized spacial score (nSPS) is 10.6. The molecular formula is C15H17FN2O2. The highest BCUT2D eigenvalue weighted by Gasteiger charge is 2.08. The van der Waals surface area contributed by atoms with Crippen molar-refractivity contribution in [1.29, 1.82) is 0 Å². The van der Waals surface area contributed by atoms with Crippen LogP contribution in [0.4, 0.5) is 4.39 Å². The van der Waals surface area contributed by atoms with Crippen LogP contribution in [0.25, 0.3) is 0 Å². The number of halogens is 1. The monoisotopic (exact) mass is 276 g/mol. The maximum absolute atomic E-state index is 13.7. The average molecular weight is 276 g/mol. The third-order valence-electron chi connectivity index (χ3n) is 3.25. The molecular weight excluding hydrogens is 259 g/mol. The molecule has 1 heterocycles. The van der Waals surface area contributed by atoms with Crippen molar-refractivity contribution in [3.63, 3.8) is 0 Å². The van der Waals surface area contributed by atoms with Gasteiger partial charge in [-0.05, 0) is 30.7 Å². The molecule has 0 aliphatic rings. The maximum Gasteiger partial charge on any atom is 0.255 e. The second kappa shape index (κ2) is 5.88. The number of aryl methyl sites for hydroxylation is 1. The van der Waals surface area contributed by atoms with Gasteiger partial charge in [0.2, 0.25) is 0 Å². The number of nitrogens with two attached hydrogens (primary N) is 1. The molecule has 2 rings (SSSR count). The van der Waals surface area contributed by atoms with E-state index in [4.69, 9.17) is 10.5 Å². The highest BCUT2D eigenvalue weighted by Crippen LogP contribution is 2.18. The lowest BCUT2D eigenvalue weighted by Gasteiger charge is -2.12. The molecule has 1 aromatic heterocycles. The molecule has 0 atom stereocenters. The molecule has 5 heteroatoms. The van der Waals surface area contributed by atoms with Crippen molar-refractivity contribution in [2.75, 3.05) is 7.11 Å². The van der Waals surface area contributed by atoms with Crippen LogP contribution in [-0.4, -0.2) is 11.7 Å². The van der Waals surface area contributed by atoms with Gasteiger partial charge in [0.05, 0.1) is 13.7 Å². The highest BCUT2D eigenvalue weighted by molar-refractivity contribution is 5.30. The second-order valence-electron chi connectivity index (χ2n) is 4.56. The van der Waals surface area contributed by atoms with Crippen LogP contribution in [0.5, 0.6) is 5.75 Å². The number of benzene rings is 1. The maximum atomic E-state index is 13.7. The summed E-state index contributed by atoms with van der Waals surface area (Å²) in [6.07, 6.45) is 0. The van der Waals surface area contributed by atoms with Crippen LogP contribution in [0.1, 0.15) is 16.8 Å². The van der Waals surface area contributed by atoms with Crippen LogP contribution < -0.4 is 16.0 Å². The summed E-state index contributed by atoms with van der Waals surface area (Å²) in [4.78, 5) is 12.2. The molecule has 20 heavy (non-hydrogen) atoms. The van der Waals surface area contributed by atoms with Gasteiger partial charge >= 0.3 is 0 Å². The van der Waals surface area contributed by atoms with E-state index in [1.807, 2.05) is 13.0 Å². The summed E-state index contributed by atoms with van der Waals surface area (Å²) in [5, 5.41) is 0. The largest absolute Gasteiger partial charge is 0.494 e. The summed E-state index contributed by atoms with van der Waals surface area (Å²) in [6, 6.07) is 8.23. The van der Waals surface area contributed by atoms with E-state index in [-0.39, 0.29) is 17.9 Å². The molecule has 0 aliphatic carbocycles. The lowest BCUT2D eigenvalue weighted by molar-refractivity contribution is 0.386. The smallest absolute Gasteiger partial charge is 0.255 e. The topological polar surface area (TPSA) is 57.2 Å². The van der Waals surface area contributed by atoms with E-state index < -0.39 is 5.82 Å². The summed E-state index contributed by atoms with van der Waals surface area (Å²) in [5.41, 5.74) is 7.45. The molecule has 106 valence electrons. The van der Waals surface area contributed by atoms with Crippen LogP contribution in [-0.2, 0) is 13.1 Å². The van der Waals surface area contributed by atoms with Gasteiger partial charge in [0.25, 0.3) is 5.56 Å². The molecule has 2 N–H and O–H groups in total. The molecule has 0 radical (unpaired) electrons. The van der Waals surface area contributed by atoms with Crippen molar-refractivity contribution in [3.05, 3.63) is 63.3 Å². The SMILES string of the molecule is COc1ccc(Cn2c(C)ccc(CN)c2=O)cc1F. The molecule has 0 amide bonds. The van der Waals surface area contributed by atoms with Gasteiger partial charge in [0.15, 0.2) is 11.6 Å². The van der Waals surface area contributed by atoms with Crippen molar-refractivity contribution < 1.29 is 9.13 Å².